The second-order valence-electron chi connectivity index (χ2n) is 7.63. The van der Waals surface area contributed by atoms with Crippen molar-refractivity contribution in [2.24, 2.45) is 0 Å². The molecule has 3 aromatic rings. The maximum atomic E-state index is 12.8. The van der Waals surface area contributed by atoms with Gasteiger partial charge < -0.3 is 15.0 Å². The molecule has 1 aromatic heterocycles. The van der Waals surface area contributed by atoms with E-state index < -0.39 is 12.0 Å². The number of nitrogens with zero attached hydrogens (tertiary/aromatic N) is 1. The molecule has 164 valence electrons. The molecular formula is C25H24N2O4S. The Kier molecular flexibility index (Phi) is 6.97. The Bertz CT molecular complexity index is 1080. The summed E-state index contributed by atoms with van der Waals surface area (Å²) in [5.74, 6) is -1.20. The number of thiophene rings is 1. The van der Waals surface area contributed by atoms with Gasteiger partial charge in [-0.3, -0.25) is 9.59 Å². The molecule has 0 aliphatic carbocycles. The largest absolute Gasteiger partial charge is 0.454 e. The van der Waals surface area contributed by atoms with Crippen molar-refractivity contribution in [1.29, 1.82) is 0 Å². The van der Waals surface area contributed by atoms with Gasteiger partial charge in [0.2, 0.25) is 0 Å². The fourth-order valence-corrected chi connectivity index (χ4v) is 4.34. The van der Waals surface area contributed by atoms with Gasteiger partial charge in [-0.1, -0.05) is 60.7 Å². The van der Waals surface area contributed by atoms with Gasteiger partial charge >= 0.3 is 5.97 Å². The van der Waals surface area contributed by atoms with E-state index in [1.807, 2.05) is 48.5 Å². The Labute approximate surface area is 190 Å². The monoisotopic (exact) mass is 448 g/mol. The summed E-state index contributed by atoms with van der Waals surface area (Å²) < 4.78 is 5.36. The third-order valence-electron chi connectivity index (χ3n) is 5.44. The van der Waals surface area contributed by atoms with E-state index in [4.69, 9.17) is 4.74 Å². The molecule has 2 amide bonds. The van der Waals surface area contributed by atoms with Crippen LogP contribution in [0.2, 0.25) is 0 Å². The van der Waals surface area contributed by atoms with Crippen molar-refractivity contribution in [3.8, 4) is 0 Å². The van der Waals surface area contributed by atoms with Crippen molar-refractivity contribution in [2.75, 3.05) is 13.2 Å². The highest BCUT2D eigenvalue weighted by Crippen LogP contribution is 2.18. The second kappa shape index (κ2) is 10.2. The zero-order valence-corrected chi connectivity index (χ0v) is 18.3. The maximum Gasteiger partial charge on any atom is 0.329 e. The summed E-state index contributed by atoms with van der Waals surface area (Å²) in [4.78, 5) is 40.2. The second-order valence-corrected chi connectivity index (χ2v) is 8.58. The van der Waals surface area contributed by atoms with Crippen LogP contribution in [0.4, 0.5) is 0 Å². The van der Waals surface area contributed by atoms with Crippen LogP contribution in [0.5, 0.6) is 0 Å². The van der Waals surface area contributed by atoms with Crippen LogP contribution in [-0.4, -0.2) is 41.9 Å². The molecule has 7 heteroatoms. The Hall–Kier alpha value is -3.45. The predicted octanol–water partition coefficient (Wildman–Crippen LogP) is 3.22. The molecule has 0 unspecified atom stereocenters. The Morgan fingerprint density at radius 1 is 0.969 bits per heavy atom. The average Bonchev–Trinajstić information content (AvgIpc) is 3.37. The van der Waals surface area contributed by atoms with E-state index in [1.54, 1.807) is 22.4 Å². The van der Waals surface area contributed by atoms with Crippen molar-refractivity contribution >= 4 is 29.1 Å². The van der Waals surface area contributed by atoms with Crippen molar-refractivity contribution in [2.45, 2.75) is 25.4 Å². The van der Waals surface area contributed by atoms with Gasteiger partial charge in [0.15, 0.2) is 6.61 Å². The fraction of sp³-hybridized carbons (Fsp3) is 0.240. The summed E-state index contributed by atoms with van der Waals surface area (Å²) in [5, 5.41) is 4.56. The maximum absolute atomic E-state index is 12.8. The number of fused-ring (bicyclic) bond motifs is 1. The predicted molar refractivity (Wildman–Crippen MR) is 122 cm³/mol. The number of benzene rings is 2. The number of esters is 1. The van der Waals surface area contributed by atoms with Gasteiger partial charge in [0.1, 0.15) is 6.04 Å². The highest BCUT2D eigenvalue weighted by molar-refractivity contribution is 7.12. The van der Waals surface area contributed by atoms with Gasteiger partial charge in [-0.25, -0.2) is 4.79 Å². The van der Waals surface area contributed by atoms with Crippen LogP contribution in [0.3, 0.4) is 0 Å². The summed E-state index contributed by atoms with van der Waals surface area (Å²) in [5.41, 5.74) is 3.25. The highest BCUT2D eigenvalue weighted by atomic mass is 32.1. The van der Waals surface area contributed by atoms with Gasteiger partial charge in [0.05, 0.1) is 4.88 Å². The van der Waals surface area contributed by atoms with Crippen LogP contribution in [0, 0.1) is 0 Å². The SMILES string of the molecule is O=C(N[C@H](Cc1ccccc1)C(=O)OCC(=O)N1CCc2ccccc2C1)c1cccs1. The number of carbonyl (C=O) groups is 3. The van der Waals surface area contributed by atoms with Crippen LogP contribution in [0.25, 0.3) is 0 Å². The van der Waals surface area contributed by atoms with Crippen molar-refractivity contribution in [3.63, 3.8) is 0 Å². The zero-order valence-electron chi connectivity index (χ0n) is 17.5. The van der Waals surface area contributed by atoms with E-state index in [9.17, 15) is 14.4 Å². The molecule has 2 heterocycles. The smallest absolute Gasteiger partial charge is 0.329 e. The Balaban J connectivity index is 1.38. The average molecular weight is 449 g/mol. The molecule has 32 heavy (non-hydrogen) atoms. The summed E-state index contributed by atoms with van der Waals surface area (Å²) >= 11 is 1.30. The first-order chi connectivity index (χ1) is 15.6. The molecule has 0 saturated carbocycles. The van der Waals surface area contributed by atoms with Crippen molar-refractivity contribution in [3.05, 3.63) is 93.7 Å². The first-order valence-electron chi connectivity index (χ1n) is 10.5. The molecule has 1 aliphatic heterocycles. The van der Waals surface area contributed by atoms with Crippen molar-refractivity contribution < 1.29 is 19.1 Å². The summed E-state index contributed by atoms with van der Waals surface area (Å²) in [6.07, 6.45) is 1.06. The molecule has 2 aromatic carbocycles. The van der Waals surface area contributed by atoms with Gasteiger partial charge in [-0.2, -0.15) is 0 Å². The minimum Gasteiger partial charge on any atom is -0.454 e. The molecular weight excluding hydrogens is 424 g/mol. The van der Waals surface area contributed by atoms with Crippen LogP contribution in [-0.2, 0) is 33.7 Å². The highest BCUT2D eigenvalue weighted by Gasteiger charge is 2.26. The molecule has 1 atom stereocenters. The van der Waals surface area contributed by atoms with E-state index in [1.165, 1.54) is 16.9 Å². The molecule has 0 spiro atoms. The minimum absolute atomic E-state index is 0.240. The van der Waals surface area contributed by atoms with Crippen molar-refractivity contribution in [1.82, 2.24) is 10.2 Å². The minimum atomic E-state index is -0.887. The lowest BCUT2D eigenvalue weighted by atomic mass is 10.00. The number of nitrogens with one attached hydrogen (secondary N) is 1. The van der Waals surface area contributed by atoms with Gasteiger partial charge in [0, 0.05) is 19.5 Å². The lowest BCUT2D eigenvalue weighted by Crippen LogP contribution is -2.45. The lowest BCUT2D eigenvalue weighted by molar-refractivity contribution is -0.154. The first-order valence-corrected chi connectivity index (χ1v) is 11.4. The molecule has 6 nitrogen and oxygen atoms in total. The molecule has 0 fully saturated rings. The number of hydrogen-bond acceptors (Lipinski definition) is 5. The number of amides is 2. The van der Waals surface area contributed by atoms with E-state index in [2.05, 4.69) is 11.4 Å². The number of hydrogen-bond donors (Lipinski definition) is 1. The molecule has 0 saturated heterocycles. The van der Waals surface area contributed by atoms with E-state index >= 15 is 0 Å². The molecule has 0 radical (unpaired) electrons. The summed E-state index contributed by atoms with van der Waals surface area (Å²) in [7, 11) is 0. The molecule has 4 rings (SSSR count). The zero-order chi connectivity index (χ0) is 22.3. The Morgan fingerprint density at radius 3 is 2.47 bits per heavy atom. The van der Waals surface area contributed by atoms with Gasteiger partial charge in [-0.15, -0.1) is 11.3 Å². The first kappa shape index (κ1) is 21.8. The summed E-state index contributed by atoms with van der Waals surface area (Å²) in [6.45, 7) is 0.756. The fourth-order valence-electron chi connectivity index (χ4n) is 3.71. The summed E-state index contributed by atoms with van der Waals surface area (Å²) in [6, 6.07) is 20.0. The molecule has 1 N–H and O–H groups in total. The quantitative estimate of drug-likeness (QED) is 0.563. The Morgan fingerprint density at radius 2 is 1.72 bits per heavy atom. The molecule has 1 aliphatic rings. The number of rotatable bonds is 7. The van der Waals surface area contributed by atoms with E-state index in [0.29, 0.717) is 18.0 Å². The standard InChI is InChI=1S/C25H24N2O4S/c28-23(27-13-12-19-9-4-5-10-20(19)16-27)17-31-25(30)21(15-18-7-2-1-3-8-18)26-24(29)22-11-6-14-32-22/h1-11,14,21H,12-13,15-17H2,(H,26,29)/t21-/m1/s1. The van der Waals surface area contributed by atoms with E-state index in [-0.39, 0.29) is 24.8 Å². The van der Waals surface area contributed by atoms with Gasteiger partial charge in [-0.05, 0) is 34.6 Å². The topological polar surface area (TPSA) is 75.7 Å². The van der Waals surface area contributed by atoms with E-state index in [0.717, 1.165) is 17.5 Å². The normalized spacial score (nSPS) is 13.7. The lowest BCUT2D eigenvalue weighted by Gasteiger charge is -2.29. The van der Waals surface area contributed by atoms with Crippen LogP contribution in [0.15, 0.2) is 72.1 Å². The molecule has 0 bridgehead atoms. The third-order valence-corrected chi connectivity index (χ3v) is 6.31. The van der Waals surface area contributed by atoms with Crippen LogP contribution >= 0.6 is 11.3 Å². The number of carbonyl (C=O) groups excluding carboxylic acids is 3. The number of ether oxygens (including phenoxy) is 1. The van der Waals surface area contributed by atoms with Crippen LogP contribution < -0.4 is 5.32 Å². The van der Waals surface area contributed by atoms with Gasteiger partial charge in [0.25, 0.3) is 11.8 Å². The third kappa shape index (κ3) is 5.42. The van der Waals surface area contributed by atoms with Crippen LogP contribution in [0.1, 0.15) is 26.4 Å².